The Morgan fingerprint density at radius 1 is 1.46 bits per heavy atom. The number of carbonyl (C=O) groups is 2. The van der Waals surface area contributed by atoms with Gasteiger partial charge in [-0.1, -0.05) is 34.1 Å². The molecule has 1 aromatic heterocycles. The number of aryl methyl sites for hydroxylation is 1. The van der Waals surface area contributed by atoms with Gasteiger partial charge in [-0.2, -0.15) is 5.10 Å². The Kier molecular flexibility index (Phi) is 4.99. The molecule has 1 aromatic carbocycles. The van der Waals surface area contributed by atoms with Crippen molar-refractivity contribution < 1.29 is 9.59 Å². The third-order valence-corrected chi connectivity index (χ3v) is 4.91. The van der Waals surface area contributed by atoms with Crippen molar-refractivity contribution >= 4 is 27.7 Å². The Bertz CT molecular complexity index is 759. The minimum atomic E-state index is -0.247. The van der Waals surface area contributed by atoms with E-state index in [0.717, 1.165) is 15.6 Å². The van der Waals surface area contributed by atoms with Crippen molar-refractivity contribution in [3.8, 4) is 0 Å². The number of carbonyl (C=O) groups excluding carboxylic acids is 2. The lowest BCUT2D eigenvalue weighted by atomic mass is 9.93. The van der Waals surface area contributed by atoms with Crippen molar-refractivity contribution in [2.45, 2.75) is 31.3 Å². The van der Waals surface area contributed by atoms with Crippen LogP contribution in [0.15, 0.2) is 41.1 Å². The second kappa shape index (κ2) is 7.17. The van der Waals surface area contributed by atoms with Gasteiger partial charge in [0.15, 0.2) is 0 Å². The number of hydrogen-bond donors (Lipinski definition) is 2. The molecule has 2 aromatic rings. The molecule has 24 heavy (non-hydrogen) atoms. The van der Waals surface area contributed by atoms with Gasteiger partial charge in [0.05, 0.1) is 24.7 Å². The van der Waals surface area contributed by atoms with Gasteiger partial charge in [-0.25, -0.2) is 0 Å². The fraction of sp³-hybridized carbons (Fsp3) is 0.353. The van der Waals surface area contributed by atoms with Crippen molar-refractivity contribution in [2.24, 2.45) is 7.05 Å². The summed E-state index contributed by atoms with van der Waals surface area (Å²) >= 11 is 3.46. The van der Waals surface area contributed by atoms with Crippen LogP contribution < -0.4 is 10.6 Å². The molecule has 6 nitrogen and oxygen atoms in total. The zero-order chi connectivity index (χ0) is 17.1. The van der Waals surface area contributed by atoms with Crippen molar-refractivity contribution in [1.29, 1.82) is 0 Å². The molecule has 0 aliphatic carbocycles. The van der Waals surface area contributed by atoms with Crippen LogP contribution in [0.3, 0.4) is 0 Å². The van der Waals surface area contributed by atoms with Crippen molar-refractivity contribution in [3.05, 3.63) is 52.3 Å². The third kappa shape index (κ3) is 3.84. The van der Waals surface area contributed by atoms with E-state index in [0.29, 0.717) is 19.3 Å². The highest BCUT2D eigenvalue weighted by atomic mass is 79.9. The summed E-state index contributed by atoms with van der Waals surface area (Å²) in [6, 6.07) is 7.28. The molecule has 1 aliphatic rings. The van der Waals surface area contributed by atoms with Crippen LogP contribution in [-0.4, -0.2) is 27.6 Å². The highest BCUT2D eigenvalue weighted by Gasteiger charge is 2.31. The zero-order valence-electron chi connectivity index (χ0n) is 13.3. The Hall–Kier alpha value is -2.15. The maximum absolute atomic E-state index is 12.4. The number of hydrogen-bond acceptors (Lipinski definition) is 3. The minimum absolute atomic E-state index is 0.000144. The van der Waals surface area contributed by atoms with Crippen molar-refractivity contribution in [3.63, 3.8) is 0 Å². The average molecular weight is 391 g/mol. The van der Waals surface area contributed by atoms with E-state index in [2.05, 4.69) is 31.7 Å². The smallest absolute Gasteiger partial charge is 0.224 e. The third-order valence-electron chi connectivity index (χ3n) is 4.14. The molecular weight excluding hydrogens is 372 g/mol. The van der Waals surface area contributed by atoms with Gasteiger partial charge in [-0.05, 0) is 18.1 Å². The van der Waals surface area contributed by atoms with Crippen LogP contribution in [-0.2, 0) is 23.1 Å². The van der Waals surface area contributed by atoms with E-state index < -0.39 is 0 Å². The van der Waals surface area contributed by atoms with Crippen LogP contribution in [0, 0.1) is 0 Å². The number of nitrogens with zero attached hydrogens (tertiary/aromatic N) is 2. The van der Waals surface area contributed by atoms with Gasteiger partial charge in [0, 0.05) is 29.7 Å². The average Bonchev–Trinajstić information content (AvgIpc) is 2.98. The molecule has 1 saturated heterocycles. The Morgan fingerprint density at radius 3 is 2.96 bits per heavy atom. The molecule has 2 N–H and O–H groups in total. The van der Waals surface area contributed by atoms with Gasteiger partial charge in [0.1, 0.15) is 0 Å². The molecule has 1 aliphatic heterocycles. The number of nitrogens with one attached hydrogen (secondary N) is 2. The molecule has 0 radical (unpaired) electrons. The summed E-state index contributed by atoms with van der Waals surface area (Å²) < 4.78 is 2.61. The Morgan fingerprint density at radius 2 is 2.25 bits per heavy atom. The predicted molar refractivity (Wildman–Crippen MR) is 93.1 cm³/mol. The summed E-state index contributed by atoms with van der Waals surface area (Å²) in [6.45, 7) is 0. The number of halogens is 1. The van der Waals surface area contributed by atoms with E-state index >= 15 is 0 Å². The summed E-state index contributed by atoms with van der Waals surface area (Å²) in [4.78, 5) is 24.2. The van der Waals surface area contributed by atoms with E-state index in [4.69, 9.17) is 0 Å². The number of amides is 2. The summed E-state index contributed by atoms with van der Waals surface area (Å²) in [7, 11) is 1.83. The first-order valence-electron chi connectivity index (χ1n) is 7.83. The lowest BCUT2D eigenvalue weighted by Gasteiger charge is -2.32. The summed E-state index contributed by atoms with van der Waals surface area (Å²) in [6.07, 6.45) is 4.92. The SMILES string of the molecule is Cn1cc([C@@H]2NC(=O)CC[C@@H]2NC(=O)Cc2ccccc2Br)cn1. The van der Waals surface area contributed by atoms with Gasteiger partial charge >= 0.3 is 0 Å². The van der Waals surface area contributed by atoms with Gasteiger partial charge < -0.3 is 10.6 Å². The van der Waals surface area contributed by atoms with Crippen LogP contribution >= 0.6 is 15.9 Å². The highest BCUT2D eigenvalue weighted by molar-refractivity contribution is 9.10. The molecular formula is C17H19BrN4O2. The summed E-state index contributed by atoms with van der Waals surface area (Å²) in [5, 5.41) is 10.2. The molecule has 7 heteroatoms. The van der Waals surface area contributed by atoms with Crippen LogP contribution in [0.25, 0.3) is 0 Å². The van der Waals surface area contributed by atoms with E-state index in [1.807, 2.05) is 37.5 Å². The van der Waals surface area contributed by atoms with Crippen LogP contribution in [0.4, 0.5) is 0 Å². The van der Waals surface area contributed by atoms with Crippen LogP contribution in [0.2, 0.25) is 0 Å². The quantitative estimate of drug-likeness (QED) is 0.836. The summed E-state index contributed by atoms with van der Waals surface area (Å²) in [5.74, 6) is -0.0582. The molecule has 3 rings (SSSR count). The molecule has 1 fully saturated rings. The predicted octanol–water partition coefficient (Wildman–Crippen LogP) is 1.86. The van der Waals surface area contributed by atoms with Gasteiger partial charge in [-0.3, -0.25) is 14.3 Å². The second-order valence-corrected chi connectivity index (χ2v) is 6.83. The second-order valence-electron chi connectivity index (χ2n) is 5.97. The van der Waals surface area contributed by atoms with Crippen molar-refractivity contribution in [2.75, 3.05) is 0 Å². The fourth-order valence-corrected chi connectivity index (χ4v) is 3.37. The highest BCUT2D eigenvalue weighted by Crippen LogP contribution is 2.24. The molecule has 2 amide bonds. The lowest BCUT2D eigenvalue weighted by molar-refractivity contribution is -0.126. The zero-order valence-corrected chi connectivity index (χ0v) is 14.9. The number of piperidine rings is 1. The van der Waals surface area contributed by atoms with E-state index in [1.54, 1.807) is 10.9 Å². The number of rotatable bonds is 4. The molecule has 0 unspecified atom stereocenters. The normalized spacial score (nSPS) is 20.5. The molecule has 2 atom stereocenters. The number of aromatic nitrogens is 2. The van der Waals surface area contributed by atoms with E-state index in [-0.39, 0.29) is 23.9 Å². The first-order valence-corrected chi connectivity index (χ1v) is 8.63. The van der Waals surface area contributed by atoms with E-state index in [9.17, 15) is 9.59 Å². The largest absolute Gasteiger partial charge is 0.351 e. The van der Waals surface area contributed by atoms with Crippen LogP contribution in [0.5, 0.6) is 0 Å². The topological polar surface area (TPSA) is 76.0 Å². The molecule has 2 heterocycles. The maximum atomic E-state index is 12.4. The first kappa shape index (κ1) is 16.7. The molecule has 126 valence electrons. The Balaban J connectivity index is 1.70. The fourth-order valence-electron chi connectivity index (χ4n) is 2.94. The number of benzene rings is 1. The lowest BCUT2D eigenvalue weighted by Crippen LogP contribution is -2.50. The Labute approximate surface area is 148 Å². The van der Waals surface area contributed by atoms with E-state index in [1.165, 1.54) is 0 Å². The van der Waals surface area contributed by atoms with Crippen molar-refractivity contribution in [1.82, 2.24) is 20.4 Å². The first-order chi connectivity index (χ1) is 11.5. The van der Waals surface area contributed by atoms with Gasteiger partial charge in [0.2, 0.25) is 11.8 Å². The van der Waals surface area contributed by atoms with Gasteiger partial charge in [-0.15, -0.1) is 0 Å². The molecule has 0 bridgehead atoms. The standard InChI is InChI=1S/C17H19BrN4O2/c1-22-10-12(9-19-22)17-14(6-7-15(23)21-17)20-16(24)8-11-4-2-3-5-13(11)18/h2-5,9-10,14,17H,6-8H2,1H3,(H,20,24)(H,21,23)/t14-,17-/m0/s1. The van der Waals surface area contributed by atoms with Crippen LogP contribution in [0.1, 0.15) is 30.0 Å². The molecule has 0 spiro atoms. The molecule has 0 saturated carbocycles. The monoisotopic (exact) mass is 390 g/mol. The maximum Gasteiger partial charge on any atom is 0.224 e. The van der Waals surface area contributed by atoms with Gasteiger partial charge in [0.25, 0.3) is 0 Å². The summed E-state index contributed by atoms with van der Waals surface area (Å²) in [5.41, 5.74) is 1.84. The minimum Gasteiger partial charge on any atom is -0.351 e.